The number of likely N-dealkylation sites (tertiary alicyclic amines) is 1. The molecule has 2 rings (SSSR count). The summed E-state index contributed by atoms with van der Waals surface area (Å²) in [4.78, 5) is 2.52. The van der Waals surface area contributed by atoms with E-state index in [1.54, 1.807) is 0 Å². The molecule has 3 nitrogen and oxygen atoms in total. The van der Waals surface area contributed by atoms with Crippen LogP contribution in [0.3, 0.4) is 0 Å². The first kappa shape index (κ1) is 14.4. The largest absolute Gasteiger partial charge is 0.494 e. The third kappa shape index (κ3) is 3.28. The van der Waals surface area contributed by atoms with E-state index in [0.29, 0.717) is 19.2 Å². The average molecular weight is 262 g/mol. The predicted octanol–water partition coefficient (Wildman–Crippen LogP) is 2.67. The highest BCUT2D eigenvalue weighted by Crippen LogP contribution is 2.30. The van der Waals surface area contributed by atoms with Crippen molar-refractivity contribution in [1.82, 2.24) is 4.90 Å². The number of hydrogen-bond acceptors (Lipinski definition) is 3. The van der Waals surface area contributed by atoms with Gasteiger partial charge in [0.15, 0.2) is 0 Å². The zero-order valence-electron chi connectivity index (χ0n) is 12.3. The van der Waals surface area contributed by atoms with Crippen LogP contribution in [0.1, 0.15) is 32.4 Å². The molecule has 2 N–H and O–H groups in total. The lowest BCUT2D eigenvalue weighted by atomic mass is 10.0. The summed E-state index contributed by atoms with van der Waals surface area (Å²) in [6, 6.07) is 8.73. The van der Waals surface area contributed by atoms with Crippen molar-refractivity contribution in [1.29, 1.82) is 0 Å². The van der Waals surface area contributed by atoms with E-state index in [1.807, 2.05) is 19.1 Å². The molecular weight excluding hydrogens is 236 g/mol. The Morgan fingerprint density at radius 1 is 1.21 bits per heavy atom. The lowest BCUT2D eigenvalue weighted by Crippen LogP contribution is -2.32. The predicted molar refractivity (Wildman–Crippen MR) is 79.3 cm³/mol. The Hall–Kier alpha value is -1.06. The molecule has 0 radical (unpaired) electrons. The van der Waals surface area contributed by atoms with E-state index in [-0.39, 0.29) is 0 Å². The molecule has 0 amide bonds. The molecular formula is C16H26N2O. The van der Waals surface area contributed by atoms with Crippen LogP contribution in [0.15, 0.2) is 24.3 Å². The van der Waals surface area contributed by atoms with Crippen molar-refractivity contribution in [2.24, 2.45) is 17.6 Å². The van der Waals surface area contributed by atoms with E-state index in [2.05, 4.69) is 30.9 Å². The topological polar surface area (TPSA) is 38.5 Å². The molecule has 0 bridgehead atoms. The molecule has 1 fully saturated rings. The number of hydrogen-bond donors (Lipinski definition) is 1. The lowest BCUT2D eigenvalue weighted by Gasteiger charge is -2.27. The van der Waals surface area contributed by atoms with E-state index in [9.17, 15) is 0 Å². The Morgan fingerprint density at radius 3 is 2.26 bits per heavy atom. The summed E-state index contributed by atoms with van der Waals surface area (Å²) < 4.78 is 5.49. The number of ether oxygens (including phenoxy) is 1. The lowest BCUT2D eigenvalue weighted by molar-refractivity contribution is 0.240. The molecule has 1 saturated heterocycles. The first-order valence-electron chi connectivity index (χ1n) is 7.32. The van der Waals surface area contributed by atoms with Gasteiger partial charge in [-0.05, 0) is 36.5 Å². The fourth-order valence-electron chi connectivity index (χ4n) is 2.88. The molecule has 1 aliphatic rings. The smallest absolute Gasteiger partial charge is 0.119 e. The third-order valence-corrected chi connectivity index (χ3v) is 4.26. The fourth-order valence-corrected chi connectivity index (χ4v) is 2.88. The van der Waals surface area contributed by atoms with Gasteiger partial charge >= 0.3 is 0 Å². The Morgan fingerprint density at radius 2 is 1.79 bits per heavy atom. The van der Waals surface area contributed by atoms with Crippen LogP contribution in [-0.4, -0.2) is 31.1 Å². The highest BCUT2D eigenvalue weighted by molar-refractivity contribution is 5.29. The van der Waals surface area contributed by atoms with E-state index in [1.165, 1.54) is 5.56 Å². The third-order valence-electron chi connectivity index (χ3n) is 4.26. The summed E-state index contributed by atoms with van der Waals surface area (Å²) in [5.41, 5.74) is 7.30. The Kier molecular flexibility index (Phi) is 4.83. The van der Waals surface area contributed by atoms with Crippen LogP contribution in [0, 0.1) is 11.8 Å². The van der Waals surface area contributed by atoms with Gasteiger partial charge in [0.05, 0.1) is 6.61 Å². The van der Waals surface area contributed by atoms with E-state index >= 15 is 0 Å². The Labute approximate surface area is 116 Å². The quantitative estimate of drug-likeness (QED) is 0.886. The van der Waals surface area contributed by atoms with Gasteiger partial charge in [0.2, 0.25) is 0 Å². The second-order valence-electron chi connectivity index (χ2n) is 5.66. The maximum absolute atomic E-state index is 6.00. The number of benzene rings is 1. The molecule has 1 aliphatic heterocycles. The number of rotatable bonds is 5. The first-order chi connectivity index (χ1) is 9.15. The SMILES string of the molecule is CCOc1ccc(C(CN)N2CC(C)C(C)C2)cc1. The minimum absolute atomic E-state index is 0.336. The van der Waals surface area contributed by atoms with Crippen LogP contribution in [0.2, 0.25) is 0 Å². The van der Waals surface area contributed by atoms with Crippen molar-refractivity contribution >= 4 is 0 Å². The fraction of sp³-hybridized carbons (Fsp3) is 0.625. The molecule has 1 aromatic rings. The molecule has 3 atom stereocenters. The molecule has 1 aromatic carbocycles. The molecule has 3 unspecified atom stereocenters. The van der Waals surface area contributed by atoms with Crippen LogP contribution < -0.4 is 10.5 Å². The minimum Gasteiger partial charge on any atom is -0.494 e. The van der Waals surface area contributed by atoms with Crippen LogP contribution >= 0.6 is 0 Å². The second kappa shape index (κ2) is 6.40. The van der Waals surface area contributed by atoms with Crippen LogP contribution in [0.25, 0.3) is 0 Å². The van der Waals surface area contributed by atoms with E-state index < -0.39 is 0 Å². The Balaban J connectivity index is 2.09. The van der Waals surface area contributed by atoms with E-state index in [4.69, 9.17) is 10.5 Å². The highest BCUT2D eigenvalue weighted by Gasteiger charge is 2.30. The van der Waals surface area contributed by atoms with Gasteiger partial charge < -0.3 is 10.5 Å². The van der Waals surface area contributed by atoms with Gasteiger partial charge in [-0.1, -0.05) is 26.0 Å². The second-order valence-corrected chi connectivity index (χ2v) is 5.66. The summed E-state index contributed by atoms with van der Waals surface area (Å²) in [5, 5.41) is 0. The minimum atomic E-state index is 0.336. The van der Waals surface area contributed by atoms with Crippen molar-refractivity contribution in [2.45, 2.75) is 26.8 Å². The normalized spacial score (nSPS) is 25.5. The Bertz CT molecular complexity index is 380. The summed E-state index contributed by atoms with van der Waals surface area (Å²) >= 11 is 0. The number of nitrogens with zero attached hydrogens (tertiary/aromatic N) is 1. The van der Waals surface area contributed by atoms with Gasteiger partial charge in [-0.2, -0.15) is 0 Å². The van der Waals surface area contributed by atoms with Gasteiger partial charge in [0.1, 0.15) is 5.75 Å². The van der Waals surface area contributed by atoms with E-state index in [0.717, 1.165) is 30.7 Å². The molecule has 0 aliphatic carbocycles. The van der Waals surface area contributed by atoms with Gasteiger partial charge in [-0.25, -0.2) is 0 Å². The standard InChI is InChI=1S/C16H26N2O/c1-4-19-15-7-5-14(6-8-15)16(9-17)18-10-12(2)13(3)11-18/h5-8,12-13,16H,4,9-11,17H2,1-3H3. The van der Waals surface area contributed by atoms with Crippen molar-refractivity contribution in [3.8, 4) is 5.75 Å². The van der Waals surface area contributed by atoms with Crippen molar-refractivity contribution in [3.05, 3.63) is 29.8 Å². The summed E-state index contributed by atoms with van der Waals surface area (Å²) in [5.74, 6) is 2.46. The summed E-state index contributed by atoms with van der Waals surface area (Å²) in [6.45, 7) is 10.3. The van der Waals surface area contributed by atoms with Crippen LogP contribution in [0.5, 0.6) is 5.75 Å². The first-order valence-corrected chi connectivity index (χ1v) is 7.32. The molecule has 0 aromatic heterocycles. The zero-order valence-corrected chi connectivity index (χ0v) is 12.3. The van der Waals surface area contributed by atoms with Crippen LogP contribution in [0.4, 0.5) is 0 Å². The molecule has 106 valence electrons. The van der Waals surface area contributed by atoms with Gasteiger partial charge in [0, 0.05) is 25.7 Å². The molecule has 19 heavy (non-hydrogen) atoms. The van der Waals surface area contributed by atoms with Crippen molar-refractivity contribution in [3.63, 3.8) is 0 Å². The number of nitrogens with two attached hydrogens (primary N) is 1. The molecule has 0 spiro atoms. The summed E-state index contributed by atoms with van der Waals surface area (Å²) in [6.07, 6.45) is 0. The highest BCUT2D eigenvalue weighted by atomic mass is 16.5. The van der Waals surface area contributed by atoms with Gasteiger partial charge in [0.25, 0.3) is 0 Å². The molecule has 0 saturated carbocycles. The average Bonchev–Trinajstić information content (AvgIpc) is 2.73. The molecule has 1 heterocycles. The maximum Gasteiger partial charge on any atom is 0.119 e. The monoisotopic (exact) mass is 262 g/mol. The summed E-state index contributed by atoms with van der Waals surface area (Å²) in [7, 11) is 0. The van der Waals surface area contributed by atoms with Crippen molar-refractivity contribution < 1.29 is 4.74 Å². The van der Waals surface area contributed by atoms with Gasteiger partial charge in [-0.15, -0.1) is 0 Å². The van der Waals surface area contributed by atoms with Crippen LogP contribution in [-0.2, 0) is 0 Å². The maximum atomic E-state index is 6.00. The zero-order chi connectivity index (χ0) is 13.8. The van der Waals surface area contributed by atoms with Gasteiger partial charge in [-0.3, -0.25) is 4.90 Å². The van der Waals surface area contributed by atoms with Crippen molar-refractivity contribution in [2.75, 3.05) is 26.2 Å². The molecule has 3 heteroatoms.